The summed E-state index contributed by atoms with van der Waals surface area (Å²) in [6.45, 7) is 1.41. The molecule has 1 fully saturated rings. The van der Waals surface area contributed by atoms with Gasteiger partial charge in [-0.25, -0.2) is 0 Å². The van der Waals surface area contributed by atoms with Crippen molar-refractivity contribution in [1.82, 2.24) is 0 Å². The van der Waals surface area contributed by atoms with E-state index in [0.29, 0.717) is 0 Å². The van der Waals surface area contributed by atoms with E-state index in [1.807, 2.05) is 0 Å². The molecule has 38 valence electrons. The summed E-state index contributed by atoms with van der Waals surface area (Å²) in [5, 5.41) is 8.19. The summed E-state index contributed by atoms with van der Waals surface area (Å²) in [5.74, 6) is -1.25. The fourth-order valence-corrected chi connectivity index (χ4v) is 0.0603. The van der Waals surface area contributed by atoms with Crippen LogP contribution in [0.15, 0.2) is 0 Å². The van der Waals surface area contributed by atoms with Crippen LogP contribution in [0.4, 0.5) is 0 Å². The maximum absolute atomic E-state index is 8.19. The Kier molecular flexibility index (Phi) is 6.68. The molecule has 0 unspecified atom stereocenters. The Bertz CT molecular complexity index is 50.9. The third-order valence-corrected chi connectivity index (χ3v) is 0.325. The van der Waals surface area contributed by atoms with Crippen LogP contribution in [0.2, 0.25) is 0 Å². The second-order valence-electron chi connectivity index (χ2n) is 1.06. The van der Waals surface area contributed by atoms with Crippen molar-refractivity contribution in [3.8, 4) is 0 Å². The average molecular weight is 146 g/mol. The van der Waals surface area contributed by atoms with Gasteiger partial charge in [0, 0.05) is 6.92 Å². The van der Waals surface area contributed by atoms with Crippen molar-refractivity contribution in [2.45, 2.75) is 12.9 Å². The number of aliphatic hydroxyl groups is 1. The van der Waals surface area contributed by atoms with Gasteiger partial charge in [0.1, 0.15) is 0 Å². The van der Waals surface area contributed by atoms with Gasteiger partial charge in [0.25, 0.3) is 0 Å². The molecule has 1 aliphatic heterocycles. The van der Waals surface area contributed by atoms with E-state index >= 15 is 0 Å². The van der Waals surface area contributed by atoms with Gasteiger partial charge < -0.3 is 5.11 Å². The van der Waals surface area contributed by atoms with Crippen molar-refractivity contribution in [2.24, 2.45) is 0 Å². The number of hydrogen-bond donors (Lipinski definition) is 1. The summed E-state index contributed by atoms with van der Waals surface area (Å²) < 4.78 is 0. The molecule has 1 heterocycles. The Morgan fingerprint density at radius 3 is 1.57 bits per heavy atom. The molecule has 0 bridgehead atoms. The Hall–Kier alpha value is 2.05. The molecule has 0 aromatic carbocycles. The first-order chi connectivity index (χ1) is 2.21. The normalized spacial score (nSPS) is 21.4. The summed E-state index contributed by atoms with van der Waals surface area (Å²) >= 11 is 0. The van der Waals surface area contributed by atoms with E-state index in [0.717, 1.165) is 0 Å². The quantitative estimate of drug-likeness (QED) is 0.239. The molecular weight excluding hydrogens is 138 g/mol. The summed E-state index contributed by atoms with van der Waals surface area (Å²) in [7, 11) is 0. The molecule has 0 aliphatic carbocycles. The second-order valence-corrected chi connectivity index (χ2v) is 1.06. The summed E-state index contributed by atoms with van der Waals surface area (Å²) in [4.78, 5) is 7.90. The van der Waals surface area contributed by atoms with Crippen LogP contribution >= 0.6 is 0 Å². The maximum atomic E-state index is 8.19. The van der Waals surface area contributed by atoms with E-state index in [1.165, 1.54) is 6.92 Å². The molecule has 0 aromatic heterocycles. The van der Waals surface area contributed by atoms with E-state index in [9.17, 15) is 0 Å². The predicted octanol–water partition coefficient (Wildman–Crippen LogP) is -2.22. The Morgan fingerprint density at radius 2 is 1.57 bits per heavy atom. The van der Waals surface area contributed by atoms with Gasteiger partial charge >= 0.3 is 57.4 Å². The van der Waals surface area contributed by atoms with Gasteiger partial charge in [-0.1, -0.05) is 0 Å². The van der Waals surface area contributed by atoms with Crippen molar-refractivity contribution in [1.29, 1.82) is 0 Å². The molecule has 0 spiro atoms. The van der Waals surface area contributed by atoms with Gasteiger partial charge in [0.2, 0.25) is 0 Å². The fraction of sp³-hybridized carbons (Fsp3) is 1.00. The van der Waals surface area contributed by atoms with Crippen molar-refractivity contribution in [3.63, 3.8) is 0 Å². The van der Waals surface area contributed by atoms with Gasteiger partial charge in [0.05, 0.1) is 0 Å². The molecule has 0 aromatic rings. The zero-order valence-electron chi connectivity index (χ0n) is 2.76. The molecule has 3 nitrogen and oxygen atoms in total. The van der Waals surface area contributed by atoms with Crippen LogP contribution in [0.3, 0.4) is 0 Å². The van der Waals surface area contributed by atoms with E-state index in [4.69, 9.17) is 5.11 Å². The molecule has 1 rings (SSSR count). The topological polar surface area (TPSA) is 45.3 Å². The monoisotopic (exact) mass is 146 g/mol. The molecule has 1 N–H and O–H groups in total. The van der Waals surface area contributed by atoms with Crippen LogP contribution in [0, 0.1) is 0 Å². The van der Waals surface area contributed by atoms with Crippen LogP contribution in [-0.4, -0.2) is 79.8 Å². The first-order valence-electron chi connectivity index (χ1n) is 1.30. The zero-order chi connectivity index (χ0) is 3.91. The Morgan fingerprint density at radius 1 is 1.43 bits per heavy atom. The van der Waals surface area contributed by atoms with Crippen molar-refractivity contribution in [3.05, 3.63) is 0 Å². The van der Waals surface area contributed by atoms with Gasteiger partial charge in [0.15, 0.2) is 17.4 Å². The standard InChI is InChI=1S/C2H4O3.Al.K.4H/c1-2(3)4-5-2;;;;;;/h3H,1H3;;;;;;. The molecule has 1 aliphatic rings. The van der Waals surface area contributed by atoms with Gasteiger partial charge in [-0.05, 0) is 0 Å². The van der Waals surface area contributed by atoms with E-state index < -0.39 is 5.97 Å². The minimum absolute atomic E-state index is 0. The van der Waals surface area contributed by atoms with Crippen LogP contribution < -0.4 is 0 Å². The number of rotatable bonds is 0. The predicted molar refractivity (Wildman–Crippen MR) is 29.9 cm³/mol. The van der Waals surface area contributed by atoms with Crippen LogP contribution in [0.1, 0.15) is 6.92 Å². The van der Waals surface area contributed by atoms with Gasteiger partial charge in [-0.2, -0.15) is 9.78 Å². The molecule has 7 heavy (non-hydrogen) atoms. The third kappa shape index (κ3) is 5.93. The SMILES string of the molecule is CC1(O)OO1.[AlH3].[KH]. The Labute approximate surface area is 94.8 Å². The van der Waals surface area contributed by atoms with Gasteiger partial charge in [-0.3, -0.25) is 0 Å². The molecule has 0 amide bonds. The molecule has 1 saturated heterocycles. The summed E-state index contributed by atoms with van der Waals surface area (Å²) in [5.41, 5.74) is 0. The van der Waals surface area contributed by atoms with Crippen molar-refractivity contribution < 1.29 is 14.9 Å². The Balaban J connectivity index is 0. The van der Waals surface area contributed by atoms with E-state index in [2.05, 4.69) is 9.78 Å². The first-order valence-corrected chi connectivity index (χ1v) is 1.30. The summed E-state index contributed by atoms with van der Waals surface area (Å²) in [6.07, 6.45) is 0. The molecular formula is C2H8AlKO3. The van der Waals surface area contributed by atoms with Crippen LogP contribution in [-0.2, 0) is 9.78 Å². The van der Waals surface area contributed by atoms with Gasteiger partial charge in [-0.15, -0.1) is 0 Å². The molecule has 0 radical (unpaired) electrons. The van der Waals surface area contributed by atoms with E-state index in [-0.39, 0.29) is 68.7 Å². The fourth-order valence-electron chi connectivity index (χ4n) is 0.0603. The van der Waals surface area contributed by atoms with Crippen LogP contribution in [0.25, 0.3) is 0 Å². The molecule has 0 saturated carbocycles. The number of hydrogen-bond acceptors (Lipinski definition) is 3. The van der Waals surface area contributed by atoms with E-state index in [1.54, 1.807) is 0 Å². The summed E-state index contributed by atoms with van der Waals surface area (Å²) in [6, 6.07) is 0. The van der Waals surface area contributed by atoms with Crippen molar-refractivity contribution in [2.75, 3.05) is 0 Å². The molecule has 0 atom stereocenters. The van der Waals surface area contributed by atoms with Crippen molar-refractivity contribution >= 4 is 68.7 Å². The first kappa shape index (κ1) is 11.8. The third-order valence-electron chi connectivity index (χ3n) is 0.325. The van der Waals surface area contributed by atoms with Crippen LogP contribution in [0.5, 0.6) is 0 Å². The average Bonchev–Trinajstić information content (AvgIpc) is 1.76. The minimum atomic E-state index is -1.25. The second kappa shape index (κ2) is 3.96. The molecule has 5 heteroatoms. The zero-order valence-corrected chi connectivity index (χ0v) is 2.76.